The fourth-order valence-electron chi connectivity index (χ4n) is 3.06. The van der Waals surface area contributed by atoms with E-state index in [9.17, 15) is 0 Å². The molecule has 2 aliphatic heterocycles. The number of nitrogens with zero attached hydrogens (tertiary/aromatic N) is 1. The predicted octanol–water partition coefficient (Wildman–Crippen LogP) is 1.81. The molecule has 2 saturated heterocycles. The largest absolute Gasteiger partial charge is 0.311 e. The van der Waals surface area contributed by atoms with E-state index < -0.39 is 0 Å². The molecule has 2 bridgehead atoms. The highest BCUT2D eigenvalue weighted by Crippen LogP contribution is 2.33. The fourth-order valence-corrected chi connectivity index (χ4v) is 3.79. The summed E-state index contributed by atoms with van der Waals surface area (Å²) in [5, 5.41) is 3.72. The van der Waals surface area contributed by atoms with E-state index in [0.717, 1.165) is 24.0 Å². The SMILES string of the molecule is CSCC(C)N(C)CC1CC2CCC1N2. The molecule has 0 aromatic carbocycles. The highest BCUT2D eigenvalue weighted by molar-refractivity contribution is 7.98. The molecular weight excluding hydrogens is 204 g/mol. The van der Waals surface area contributed by atoms with Crippen molar-refractivity contribution in [3.63, 3.8) is 0 Å². The van der Waals surface area contributed by atoms with Gasteiger partial charge in [-0.2, -0.15) is 11.8 Å². The summed E-state index contributed by atoms with van der Waals surface area (Å²) < 4.78 is 0. The van der Waals surface area contributed by atoms with Crippen molar-refractivity contribution >= 4 is 11.8 Å². The third kappa shape index (κ3) is 2.69. The monoisotopic (exact) mass is 228 g/mol. The van der Waals surface area contributed by atoms with Gasteiger partial charge in [0.15, 0.2) is 0 Å². The van der Waals surface area contributed by atoms with Crippen LogP contribution in [0.15, 0.2) is 0 Å². The van der Waals surface area contributed by atoms with E-state index in [0.29, 0.717) is 0 Å². The summed E-state index contributed by atoms with van der Waals surface area (Å²) in [7, 11) is 2.28. The van der Waals surface area contributed by atoms with E-state index in [1.54, 1.807) is 0 Å². The Balaban J connectivity index is 1.77. The van der Waals surface area contributed by atoms with Gasteiger partial charge in [0.25, 0.3) is 0 Å². The van der Waals surface area contributed by atoms with Crippen molar-refractivity contribution < 1.29 is 0 Å². The van der Waals surface area contributed by atoms with Crippen LogP contribution in [0.1, 0.15) is 26.2 Å². The first-order valence-electron chi connectivity index (χ1n) is 6.16. The summed E-state index contributed by atoms with van der Waals surface area (Å²) in [6.07, 6.45) is 6.45. The lowest BCUT2D eigenvalue weighted by Gasteiger charge is -2.30. The third-order valence-electron chi connectivity index (χ3n) is 4.12. The van der Waals surface area contributed by atoms with Crippen LogP contribution in [0.4, 0.5) is 0 Å². The number of rotatable bonds is 5. The van der Waals surface area contributed by atoms with Crippen LogP contribution in [-0.2, 0) is 0 Å². The Labute approximate surface area is 98.2 Å². The normalized spacial score (nSPS) is 36.4. The van der Waals surface area contributed by atoms with Gasteiger partial charge in [-0.1, -0.05) is 0 Å². The second-order valence-corrected chi connectivity index (χ2v) is 6.20. The molecule has 88 valence electrons. The molecule has 4 unspecified atom stereocenters. The lowest BCUT2D eigenvalue weighted by Crippen LogP contribution is -2.38. The zero-order valence-electron chi connectivity index (χ0n) is 10.2. The average molecular weight is 228 g/mol. The van der Waals surface area contributed by atoms with Gasteiger partial charge in [0.1, 0.15) is 0 Å². The summed E-state index contributed by atoms with van der Waals surface area (Å²) in [6, 6.07) is 2.40. The highest BCUT2D eigenvalue weighted by Gasteiger charge is 2.39. The zero-order chi connectivity index (χ0) is 10.8. The van der Waals surface area contributed by atoms with Crippen molar-refractivity contribution in [2.45, 2.75) is 44.3 Å². The number of hydrogen-bond acceptors (Lipinski definition) is 3. The van der Waals surface area contributed by atoms with Gasteiger partial charge in [-0.3, -0.25) is 0 Å². The molecule has 0 aromatic rings. The van der Waals surface area contributed by atoms with Crippen molar-refractivity contribution in [2.75, 3.05) is 25.6 Å². The summed E-state index contributed by atoms with van der Waals surface area (Å²) in [5.41, 5.74) is 0. The smallest absolute Gasteiger partial charge is 0.0155 e. The number of thioether (sulfide) groups is 1. The Bertz CT molecular complexity index is 210. The molecule has 2 heterocycles. The van der Waals surface area contributed by atoms with E-state index in [1.165, 1.54) is 31.6 Å². The minimum absolute atomic E-state index is 0.721. The Morgan fingerprint density at radius 2 is 2.27 bits per heavy atom. The van der Waals surface area contributed by atoms with Crippen LogP contribution in [0.25, 0.3) is 0 Å². The maximum atomic E-state index is 3.72. The summed E-state index contributed by atoms with van der Waals surface area (Å²) in [6.45, 7) is 3.63. The van der Waals surface area contributed by atoms with E-state index in [4.69, 9.17) is 0 Å². The maximum absolute atomic E-state index is 3.72. The van der Waals surface area contributed by atoms with E-state index in [-0.39, 0.29) is 0 Å². The van der Waals surface area contributed by atoms with Gasteiger partial charge < -0.3 is 10.2 Å². The molecule has 15 heavy (non-hydrogen) atoms. The van der Waals surface area contributed by atoms with Gasteiger partial charge in [-0.15, -0.1) is 0 Å². The second-order valence-electron chi connectivity index (χ2n) is 5.29. The molecule has 0 spiro atoms. The summed E-state index contributed by atoms with van der Waals surface area (Å²) >= 11 is 1.95. The predicted molar refractivity (Wildman–Crippen MR) is 68.5 cm³/mol. The topological polar surface area (TPSA) is 15.3 Å². The lowest BCUT2D eigenvalue weighted by atomic mass is 9.89. The first-order valence-corrected chi connectivity index (χ1v) is 7.55. The molecule has 0 amide bonds. The lowest BCUT2D eigenvalue weighted by molar-refractivity contribution is 0.213. The van der Waals surface area contributed by atoms with E-state index in [2.05, 4.69) is 30.4 Å². The maximum Gasteiger partial charge on any atom is 0.0155 e. The van der Waals surface area contributed by atoms with Crippen LogP contribution >= 0.6 is 11.8 Å². The molecule has 3 heteroatoms. The second kappa shape index (κ2) is 5.07. The van der Waals surface area contributed by atoms with Crippen molar-refractivity contribution in [2.24, 2.45) is 5.92 Å². The summed E-state index contributed by atoms with van der Waals surface area (Å²) in [5.74, 6) is 2.17. The molecule has 2 nitrogen and oxygen atoms in total. The average Bonchev–Trinajstić information content (AvgIpc) is 2.79. The molecule has 0 aromatic heterocycles. The van der Waals surface area contributed by atoms with Crippen molar-refractivity contribution in [3.8, 4) is 0 Å². The third-order valence-corrected chi connectivity index (χ3v) is 4.93. The van der Waals surface area contributed by atoms with E-state index >= 15 is 0 Å². The Morgan fingerprint density at radius 3 is 2.80 bits per heavy atom. The standard InChI is InChI=1S/C12H24N2S/c1-9(8-15-3)14(2)7-10-6-11-4-5-12(10)13-11/h9-13H,4-8H2,1-3H3. The number of hydrogen-bond donors (Lipinski definition) is 1. The van der Waals surface area contributed by atoms with E-state index in [1.807, 2.05) is 11.8 Å². The van der Waals surface area contributed by atoms with Crippen molar-refractivity contribution in [3.05, 3.63) is 0 Å². The Hall–Kier alpha value is 0.270. The van der Waals surface area contributed by atoms with Gasteiger partial charge in [0, 0.05) is 30.4 Å². The first kappa shape index (κ1) is 11.7. The van der Waals surface area contributed by atoms with Gasteiger partial charge >= 0.3 is 0 Å². The van der Waals surface area contributed by atoms with Gasteiger partial charge in [-0.05, 0) is 45.4 Å². The highest BCUT2D eigenvalue weighted by atomic mass is 32.2. The number of nitrogens with one attached hydrogen (secondary N) is 1. The molecule has 0 radical (unpaired) electrons. The molecule has 2 fully saturated rings. The molecule has 2 aliphatic rings. The first-order chi connectivity index (χ1) is 7.20. The molecule has 4 atom stereocenters. The molecular formula is C12H24N2S. The van der Waals surface area contributed by atoms with Crippen molar-refractivity contribution in [1.29, 1.82) is 0 Å². The molecule has 2 rings (SSSR count). The van der Waals surface area contributed by atoms with Crippen LogP contribution in [0.3, 0.4) is 0 Å². The Morgan fingerprint density at radius 1 is 1.47 bits per heavy atom. The van der Waals surface area contributed by atoms with Crippen LogP contribution < -0.4 is 5.32 Å². The number of fused-ring (bicyclic) bond motifs is 2. The Kier molecular flexibility index (Phi) is 3.97. The van der Waals surface area contributed by atoms with Gasteiger partial charge in [0.05, 0.1) is 0 Å². The van der Waals surface area contributed by atoms with Crippen LogP contribution in [0, 0.1) is 5.92 Å². The minimum atomic E-state index is 0.721. The molecule has 0 aliphatic carbocycles. The quantitative estimate of drug-likeness (QED) is 0.772. The minimum Gasteiger partial charge on any atom is -0.311 e. The molecule has 1 N–H and O–H groups in total. The zero-order valence-corrected chi connectivity index (χ0v) is 11.0. The van der Waals surface area contributed by atoms with Crippen LogP contribution in [0.2, 0.25) is 0 Å². The van der Waals surface area contributed by atoms with Crippen molar-refractivity contribution in [1.82, 2.24) is 10.2 Å². The van der Waals surface area contributed by atoms with Gasteiger partial charge in [-0.25, -0.2) is 0 Å². The van der Waals surface area contributed by atoms with Gasteiger partial charge in [0.2, 0.25) is 0 Å². The summed E-state index contributed by atoms with van der Waals surface area (Å²) in [4.78, 5) is 2.55. The van der Waals surface area contributed by atoms with Crippen LogP contribution in [0.5, 0.6) is 0 Å². The van der Waals surface area contributed by atoms with Crippen LogP contribution in [-0.4, -0.2) is 48.6 Å². The fraction of sp³-hybridized carbons (Fsp3) is 1.00. The molecule has 0 saturated carbocycles.